The molecule has 0 amide bonds. The summed E-state index contributed by atoms with van der Waals surface area (Å²) in [6.45, 7) is 4.21. The van der Waals surface area contributed by atoms with Gasteiger partial charge in [0.15, 0.2) is 0 Å². The highest BCUT2D eigenvalue weighted by molar-refractivity contribution is 7.18. The molecular formula is C15H15N3OS. The molecule has 5 heteroatoms. The van der Waals surface area contributed by atoms with E-state index in [0.29, 0.717) is 0 Å². The molecule has 0 saturated carbocycles. The lowest BCUT2D eigenvalue weighted by atomic mass is 10.2. The van der Waals surface area contributed by atoms with Crippen molar-refractivity contribution in [3.8, 4) is 5.75 Å². The highest BCUT2D eigenvalue weighted by atomic mass is 32.1. The van der Waals surface area contributed by atoms with Crippen molar-refractivity contribution in [2.24, 2.45) is 0 Å². The second-order valence-corrected chi connectivity index (χ2v) is 5.71. The molecule has 0 aliphatic carbocycles. The summed E-state index contributed by atoms with van der Waals surface area (Å²) < 4.78 is 5.36. The Bertz CT molecular complexity index is 767. The predicted molar refractivity (Wildman–Crippen MR) is 83.2 cm³/mol. The van der Waals surface area contributed by atoms with Crippen molar-refractivity contribution in [3.05, 3.63) is 41.0 Å². The van der Waals surface area contributed by atoms with Crippen LogP contribution in [0.5, 0.6) is 5.75 Å². The van der Waals surface area contributed by atoms with E-state index in [1.165, 1.54) is 10.4 Å². The van der Waals surface area contributed by atoms with Crippen LogP contribution in [0.3, 0.4) is 0 Å². The maximum atomic E-state index is 5.36. The van der Waals surface area contributed by atoms with E-state index in [4.69, 9.17) is 4.74 Å². The molecule has 0 radical (unpaired) electrons. The number of hydrogen-bond acceptors (Lipinski definition) is 5. The summed E-state index contributed by atoms with van der Waals surface area (Å²) in [6, 6.07) is 7.81. The first-order valence-corrected chi connectivity index (χ1v) is 7.13. The Morgan fingerprint density at radius 3 is 2.75 bits per heavy atom. The maximum Gasteiger partial charge on any atom is 0.142 e. The number of nitrogens with zero attached hydrogens (tertiary/aromatic N) is 2. The third kappa shape index (κ3) is 2.10. The normalized spacial score (nSPS) is 10.8. The molecule has 1 aromatic carbocycles. The van der Waals surface area contributed by atoms with E-state index in [-0.39, 0.29) is 0 Å². The Labute approximate surface area is 121 Å². The number of hydrogen-bond donors (Lipinski definition) is 1. The van der Waals surface area contributed by atoms with Crippen molar-refractivity contribution in [2.45, 2.75) is 13.8 Å². The van der Waals surface area contributed by atoms with Gasteiger partial charge in [-0.25, -0.2) is 9.97 Å². The number of ether oxygens (including phenoxy) is 1. The summed E-state index contributed by atoms with van der Waals surface area (Å²) in [5, 5.41) is 4.44. The minimum absolute atomic E-state index is 0.795. The minimum atomic E-state index is 0.795. The number of methoxy groups -OCH3 is 1. The Balaban J connectivity index is 2.11. The first kappa shape index (κ1) is 12.9. The summed E-state index contributed by atoms with van der Waals surface area (Å²) in [4.78, 5) is 11.0. The molecule has 0 atom stereocenters. The van der Waals surface area contributed by atoms with Gasteiger partial charge in [-0.3, -0.25) is 0 Å². The zero-order valence-electron chi connectivity index (χ0n) is 11.6. The molecule has 0 saturated heterocycles. The van der Waals surface area contributed by atoms with Crippen LogP contribution in [0.25, 0.3) is 10.2 Å². The van der Waals surface area contributed by atoms with Crippen LogP contribution in [0.4, 0.5) is 11.5 Å². The van der Waals surface area contributed by atoms with Gasteiger partial charge in [0.05, 0.1) is 18.2 Å². The van der Waals surface area contributed by atoms with Crippen LogP contribution < -0.4 is 10.1 Å². The Morgan fingerprint density at radius 2 is 1.95 bits per heavy atom. The monoisotopic (exact) mass is 285 g/mol. The average molecular weight is 285 g/mol. The number of nitrogens with one attached hydrogen (secondary N) is 1. The zero-order valence-corrected chi connectivity index (χ0v) is 12.4. The summed E-state index contributed by atoms with van der Waals surface area (Å²) in [5.74, 6) is 1.62. The number of benzene rings is 1. The quantitative estimate of drug-likeness (QED) is 0.788. The largest absolute Gasteiger partial charge is 0.495 e. The highest BCUT2D eigenvalue weighted by Gasteiger charge is 2.13. The number of rotatable bonds is 3. The van der Waals surface area contributed by atoms with Gasteiger partial charge >= 0.3 is 0 Å². The fraction of sp³-hybridized carbons (Fsp3) is 0.200. The third-order valence-corrected chi connectivity index (χ3v) is 4.44. The lowest BCUT2D eigenvalue weighted by molar-refractivity contribution is 0.417. The Hall–Kier alpha value is -2.14. The molecule has 4 nitrogen and oxygen atoms in total. The van der Waals surface area contributed by atoms with Crippen molar-refractivity contribution in [1.29, 1.82) is 0 Å². The number of fused-ring (bicyclic) bond motifs is 1. The lowest BCUT2D eigenvalue weighted by Crippen LogP contribution is -1.97. The van der Waals surface area contributed by atoms with E-state index in [1.54, 1.807) is 24.8 Å². The fourth-order valence-electron chi connectivity index (χ4n) is 2.15. The molecule has 0 aliphatic rings. The van der Waals surface area contributed by atoms with Gasteiger partial charge in [-0.05, 0) is 31.5 Å². The van der Waals surface area contributed by atoms with Gasteiger partial charge < -0.3 is 10.1 Å². The van der Waals surface area contributed by atoms with Gasteiger partial charge in [0.25, 0.3) is 0 Å². The molecule has 102 valence electrons. The second kappa shape index (κ2) is 5.09. The molecule has 20 heavy (non-hydrogen) atoms. The first-order valence-electron chi connectivity index (χ1n) is 6.31. The van der Waals surface area contributed by atoms with Crippen LogP contribution in [0.2, 0.25) is 0 Å². The second-order valence-electron chi connectivity index (χ2n) is 4.51. The number of para-hydroxylation sites is 2. The van der Waals surface area contributed by atoms with E-state index in [0.717, 1.165) is 27.5 Å². The Morgan fingerprint density at radius 1 is 1.15 bits per heavy atom. The topological polar surface area (TPSA) is 47.0 Å². The van der Waals surface area contributed by atoms with Crippen LogP contribution in [-0.2, 0) is 0 Å². The molecule has 0 aliphatic heterocycles. The molecule has 1 N–H and O–H groups in total. The Kier molecular flexibility index (Phi) is 3.28. The smallest absolute Gasteiger partial charge is 0.142 e. The average Bonchev–Trinajstić information content (AvgIpc) is 2.76. The van der Waals surface area contributed by atoms with E-state index in [9.17, 15) is 0 Å². The van der Waals surface area contributed by atoms with Crippen molar-refractivity contribution in [1.82, 2.24) is 9.97 Å². The number of anilines is 2. The van der Waals surface area contributed by atoms with Gasteiger partial charge in [0, 0.05) is 4.88 Å². The SMILES string of the molecule is COc1ccccc1Nc1ncnc2sc(C)c(C)c12. The van der Waals surface area contributed by atoms with Gasteiger partial charge in [0.2, 0.25) is 0 Å². The van der Waals surface area contributed by atoms with Crippen molar-refractivity contribution < 1.29 is 4.74 Å². The molecule has 0 unspecified atom stereocenters. The molecule has 3 aromatic rings. The predicted octanol–water partition coefficient (Wildman–Crippen LogP) is 4.06. The van der Waals surface area contributed by atoms with E-state index in [1.807, 2.05) is 24.3 Å². The molecule has 3 rings (SSSR count). The van der Waals surface area contributed by atoms with Crippen molar-refractivity contribution >= 4 is 33.1 Å². The van der Waals surface area contributed by atoms with Gasteiger partial charge in [-0.15, -0.1) is 11.3 Å². The van der Waals surface area contributed by atoms with Crippen molar-refractivity contribution in [2.75, 3.05) is 12.4 Å². The summed E-state index contributed by atoms with van der Waals surface area (Å²) >= 11 is 1.69. The molecular weight excluding hydrogens is 270 g/mol. The molecule has 2 heterocycles. The van der Waals surface area contributed by atoms with E-state index < -0.39 is 0 Å². The van der Waals surface area contributed by atoms with Gasteiger partial charge in [-0.1, -0.05) is 12.1 Å². The standard InChI is InChI=1S/C15H15N3OS/c1-9-10(2)20-15-13(9)14(16-8-17-15)18-11-6-4-5-7-12(11)19-3/h4-8H,1-3H3,(H,16,17,18). The van der Waals surface area contributed by atoms with Gasteiger partial charge in [0.1, 0.15) is 22.7 Å². The summed E-state index contributed by atoms with van der Waals surface area (Å²) in [7, 11) is 1.66. The summed E-state index contributed by atoms with van der Waals surface area (Å²) in [6.07, 6.45) is 1.59. The minimum Gasteiger partial charge on any atom is -0.495 e. The van der Waals surface area contributed by atoms with Crippen molar-refractivity contribution in [3.63, 3.8) is 0 Å². The molecule has 0 bridgehead atoms. The zero-order chi connectivity index (χ0) is 14.1. The molecule has 2 aromatic heterocycles. The lowest BCUT2D eigenvalue weighted by Gasteiger charge is -2.11. The van der Waals surface area contributed by atoms with Crippen LogP contribution in [0.15, 0.2) is 30.6 Å². The van der Waals surface area contributed by atoms with E-state index >= 15 is 0 Å². The summed E-state index contributed by atoms with van der Waals surface area (Å²) in [5.41, 5.74) is 2.13. The number of aromatic nitrogens is 2. The first-order chi connectivity index (χ1) is 9.70. The van der Waals surface area contributed by atoms with Crippen LogP contribution in [0.1, 0.15) is 10.4 Å². The molecule has 0 fully saturated rings. The third-order valence-electron chi connectivity index (χ3n) is 3.33. The fourth-order valence-corrected chi connectivity index (χ4v) is 3.15. The highest BCUT2D eigenvalue weighted by Crippen LogP contribution is 2.35. The number of aryl methyl sites for hydroxylation is 2. The van der Waals surface area contributed by atoms with Crippen LogP contribution in [-0.4, -0.2) is 17.1 Å². The number of thiophene rings is 1. The van der Waals surface area contributed by atoms with Crippen LogP contribution >= 0.6 is 11.3 Å². The maximum absolute atomic E-state index is 5.36. The van der Waals surface area contributed by atoms with Crippen LogP contribution in [0, 0.1) is 13.8 Å². The van der Waals surface area contributed by atoms with E-state index in [2.05, 4.69) is 29.1 Å². The van der Waals surface area contributed by atoms with Gasteiger partial charge in [-0.2, -0.15) is 0 Å². The molecule has 0 spiro atoms.